The Kier molecular flexibility index (Phi) is 3.73. The van der Waals surface area contributed by atoms with Crippen molar-refractivity contribution in [1.82, 2.24) is 24.6 Å². The molecule has 9 heteroatoms. The zero-order valence-electron chi connectivity index (χ0n) is 15.3. The summed E-state index contributed by atoms with van der Waals surface area (Å²) in [5, 5.41) is 7.27. The Bertz CT molecular complexity index is 1140. The maximum Gasteiger partial charge on any atom is 0.343 e. The fourth-order valence-electron chi connectivity index (χ4n) is 4.02. The standard InChI is InChI=1S/C19H19N5O4/c1-27-15-8-14(20-13-5-3-2-4-12(13)15)17(25)23-7-6-19(10-23)11-24-16(9-28-19)21-22-18(24)26/h2-5,8H,6-7,9-11H2,1H3,(H,22,26). The SMILES string of the molecule is COc1cc(C(=O)N2CCC3(C2)Cn2c(n[nH]c2=O)CO3)nc2ccccc12. The summed E-state index contributed by atoms with van der Waals surface area (Å²) in [4.78, 5) is 31.3. The molecule has 9 nitrogen and oxygen atoms in total. The summed E-state index contributed by atoms with van der Waals surface area (Å²) in [6.07, 6.45) is 0.653. The van der Waals surface area contributed by atoms with Crippen LogP contribution in [0.5, 0.6) is 5.75 Å². The van der Waals surface area contributed by atoms with Crippen molar-refractivity contribution >= 4 is 16.8 Å². The van der Waals surface area contributed by atoms with Gasteiger partial charge in [0.15, 0.2) is 5.82 Å². The number of nitrogens with zero attached hydrogens (tertiary/aromatic N) is 4. The molecule has 1 amide bonds. The largest absolute Gasteiger partial charge is 0.496 e. The number of aromatic amines is 1. The number of fused-ring (bicyclic) bond motifs is 2. The monoisotopic (exact) mass is 381 g/mol. The minimum absolute atomic E-state index is 0.171. The van der Waals surface area contributed by atoms with Gasteiger partial charge in [-0.3, -0.25) is 9.36 Å². The van der Waals surface area contributed by atoms with Gasteiger partial charge in [-0.1, -0.05) is 12.1 Å². The number of hydrogen-bond donors (Lipinski definition) is 1. The summed E-state index contributed by atoms with van der Waals surface area (Å²) in [6.45, 7) is 1.58. The Morgan fingerprint density at radius 3 is 3.04 bits per heavy atom. The molecule has 0 radical (unpaired) electrons. The second kappa shape index (κ2) is 6.16. The summed E-state index contributed by atoms with van der Waals surface area (Å²) < 4.78 is 13.1. The van der Waals surface area contributed by atoms with Crippen LogP contribution in [-0.2, 0) is 17.9 Å². The van der Waals surface area contributed by atoms with E-state index in [0.717, 1.165) is 5.39 Å². The van der Waals surface area contributed by atoms with E-state index in [0.29, 0.717) is 48.8 Å². The smallest absolute Gasteiger partial charge is 0.343 e. The number of H-pyrrole nitrogens is 1. The first-order valence-corrected chi connectivity index (χ1v) is 9.10. The Morgan fingerprint density at radius 1 is 1.32 bits per heavy atom. The molecule has 3 aromatic rings. The number of likely N-dealkylation sites (tertiary alicyclic amines) is 1. The van der Waals surface area contributed by atoms with Crippen molar-refractivity contribution in [2.45, 2.75) is 25.2 Å². The van der Waals surface area contributed by atoms with Crippen LogP contribution in [0.4, 0.5) is 0 Å². The summed E-state index contributed by atoms with van der Waals surface area (Å²) in [5.74, 6) is 1.03. The highest BCUT2D eigenvalue weighted by Gasteiger charge is 2.45. The lowest BCUT2D eigenvalue weighted by atomic mass is 10.0. The number of rotatable bonds is 2. The molecular formula is C19H19N5O4. The molecule has 2 aliphatic heterocycles. The molecule has 28 heavy (non-hydrogen) atoms. The zero-order chi connectivity index (χ0) is 19.3. The second-order valence-electron chi connectivity index (χ2n) is 7.21. The van der Waals surface area contributed by atoms with Gasteiger partial charge in [-0.25, -0.2) is 14.9 Å². The number of hydrogen-bond acceptors (Lipinski definition) is 6. The van der Waals surface area contributed by atoms with Gasteiger partial charge in [0, 0.05) is 18.0 Å². The number of methoxy groups -OCH3 is 1. The average molecular weight is 381 g/mol. The third-order valence-electron chi connectivity index (χ3n) is 5.51. The number of carbonyl (C=O) groups is 1. The van der Waals surface area contributed by atoms with Gasteiger partial charge in [-0.05, 0) is 18.6 Å². The Labute approximate surface area is 159 Å². The molecule has 2 aliphatic rings. The maximum absolute atomic E-state index is 13.1. The first kappa shape index (κ1) is 16.9. The van der Waals surface area contributed by atoms with E-state index in [-0.39, 0.29) is 18.2 Å². The molecule has 1 unspecified atom stereocenters. The van der Waals surface area contributed by atoms with E-state index in [1.807, 2.05) is 24.3 Å². The Hall–Kier alpha value is -3.20. The lowest BCUT2D eigenvalue weighted by Gasteiger charge is -2.33. The van der Waals surface area contributed by atoms with E-state index in [1.54, 1.807) is 22.6 Å². The molecule has 0 bridgehead atoms. The van der Waals surface area contributed by atoms with Gasteiger partial charge in [-0.2, -0.15) is 5.10 Å². The molecule has 5 rings (SSSR count). The zero-order valence-corrected chi connectivity index (χ0v) is 15.3. The van der Waals surface area contributed by atoms with Crippen molar-refractivity contribution in [1.29, 1.82) is 0 Å². The second-order valence-corrected chi connectivity index (χ2v) is 7.21. The van der Waals surface area contributed by atoms with E-state index in [4.69, 9.17) is 9.47 Å². The third-order valence-corrected chi connectivity index (χ3v) is 5.51. The number of pyridine rings is 1. The number of carbonyl (C=O) groups excluding carboxylic acids is 1. The minimum Gasteiger partial charge on any atom is -0.496 e. The molecule has 1 aromatic carbocycles. The van der Waals surface area contributed by atoms with Gasteiger partial charge >= 0.3 is 5.69 Å². The molecule has 1 atom stereocenters. The highest BCUT2D eigenvalue weighted by molar-refractivity contribution is 5.97. The van der Waals surface area contributed by atoms with Crippen LogP contribution in [0.3, 0.4) is 0 Å². The molecule has 4 heterocycles. The average Bonchev–Trinajstić information content (AvgIpc) is 3.30. The number of ether oxygens (including phenoxy) is 2. The summed E-state index contributed by atoms with van der Waals surface area (Å²) in [5.41, 5.74) is 0.229. The Balaban J connectivity index is 1.42. The van der Waals surface area contributed by atoms with Gasteiger partial charge in [-0.15, -0.1) is 0 Å². The molecule has 0 saturated carbocycles. The van der Waals surface area contributed by atoms with Crippen molar-refractivity contribution in [2.24, 2.45) is 0 Å². The van der Waals surface area contributed by atoms with E-state index < -0.39 is 5.60 Å². The van der Waals surface area contributed by atoms with Crippen molar-refractivity contribution in [2.75, 3.05) is 20.2 Å². The number of aromatic nitrogens is 4. The highest BCUT2D eigenvalue weighted by Crippen LogP contribution is 2.32. The number of para-hydroxylation sites is 1. The molecule has 1 spiro atoms. The summed E-state index contributed by atoms with van der Waals surface area (Å²) in [7, 11) is 1.58. The fourth-order valence-corrected chi connectivity index (χ4v) is 4.02. The molecule has 0 aliphatic carbocycles. The van der Waals surface area contributed by atoms with Crippen LogP contribution in [0.15, 0.2) is 35.1 Å². The third kappa shape index (κ3) is 2.58. The molecule has 1 fully saturated rings. The first-order valence-electron chi connectivity index (χ1n) is 9.10. The van der Waals surface area contributed by atoms with Crippen LogP contribution in [0.1, 0.15) is 22.7 Å². The van der Waals surface area contributed by atoms with Crippen LogP contribution in [0.25, 0.3) is 10.9 Å². The molecule has 1 saturated heterocycles. The van der Waals surface area contributed by atoms with Gasteiger partial charge < -0.3 is 14.4 Å². The van der Waals surface area contributed by atoms with Crippen LogP contribution >= 0.6 is 0 Å². The molecular weight excluding hydrogens is 362 g/mol. The molecule has 2 aromatic heterocycles. The highest BCUT2D eigenvalue weighted by atomic mass is 16.5. The molecule has 1 N–H and O–H groups in total. The quantitative estimate of drug-likeness (QED) is 0.709. The number of nitrogens with one attached hydrogen (secondary N) is 1. The van der Waals surface area contributed by atoms with Crippen molar-refractivity contribution in [3.05, 3.63) is 52.3 Å². The number of benzene rings is 1. The summed E-state index contributed by atoms with van der Waals surface area (Å²) in [6, 6.07) is 9.23. The normalized spacial score (nSPS) is 21.2. The van der Waals surface area contributed by atoms with Gasteiger partial charge in [0.25, 0.3) is 5.91 Å². The van der Waals surface area contributed by atoms with Crippen molar-refractivity contribution in [3.8, 4) is 5.75 Å². The number of amides is 1. The Morgan fingerprint density at radius 2 is 2.18 bits per heavy atom. The predicted molar refractivity (Wildman–Crippen MR) is 99.2 cm³/mol. The van der Waals surface area contributed by atoms with Crippen molar-refractivity contribution < 1.29 is 14.3 Å². The predicted octanol–water partition coefficient (Wildman–Crippen LogP) is 0.943. The fraction of sp³-hybridized carbons (Fsp3) is 0.368. The topological polar surface area (TPSA) is 102 Å². The molecule has 144 valence electrons. The van der Waals surface area contributed by atoms with Crippen molar-refractivity contribution in [3.63, 3.8) is 0 Å². The van der Waals surface area contributed by atoms with Crippen LogP contribution in [-0.4, -0.2) is 56.4 Å². The van der Waals surface area contributed by atoms with Gasteiger partial charge in [0.05, 0.1) is 25.7 Å². The van der Waals surface area contributed by atoms with Crippen LogP contribution < -0.4 is 10.4 Å². The van der Waals surface area contributed by atoms with Gasteiger partial charge in [0.2, 0.25) is 0 Å². The van der Waals surface area contributed by atoms with Crippen LogP contribution in [0, 0.1) is 0 Å². The maximum atomic E-state index is 13.1. The van der Waals surface area contributed by atoms with E-state index in [1.165, 1.54) is 0 Å². The van der Waals surface area contributed by atoms with Gasteiger partial charge in [0.1, 0.15) is 23.7 Å². The lowest BCUT2D eigenvalue weighted by molar-refractivity contribution is -0.0816. The minimum atomic E-state index is -0.572. The van der Waals surface area contributed by atoms with E-state index in [2.05, 4.69) is 15.2 Å². The first-order chi connectivity index (χ1) is 13.6. The van der Waals surface area contributed by atoms with E-state index in [9.17, 15) is 9.59 Å². The van der Waals surface area contributed by atoms with Crippen LogP contribution in [0.2, 0.25) is 0 Å². The lowest BCUT2D eigenvalue weighted by Crippen LogP contribution is -2.47. The van der Waals surface area contributed by atoms with E-state index >= 15 is 0 Å². The summed E-state index contributed by atoms with van der Waals surface area (Å²) >= 11 is 0.